The molecule has 4 heterocycles. The number of hydrogen-bond donors (Lipinski definition) is 7. The van der Waals surface area contributed by atoms with E-state index in [0.717, 1.165) is 0 Å². The summed E-state index contributed by atoms with van der Waals surface area (Å²) in [4.78, 5) is 28.2. The number of nitrogens with zero attached hydrogens (tertiary/aromatic N) is 7. The Bertz CT molecular complexity index is 1260. The van der Waals surface area contributed by atoms with Gasteiger partial charge in [-0.1, -0.05) is 19.1 Å². The Morgan fingerprint density at radius 3 is 2.70 bits per heavy atom. The smallest absolute Gasteiger partial charge is 0.359 e. The fourth-order valence-corrected chi connectivity index (χ4v) is 4.70. The van der Waals surface area contributed by atoms with Gasteiger partial charge in [0.05, 0.1) is 31.2 Å². The number of fused-ring (bicyclic) bond motifs is 1. The lowest BCUT2D eigenvalue weighted by atomic mass is 10.1. The Labute approximate surface area is 214 Å². The number of halogens is 1. The van der Waals surface area contributed by atoms with Crippen LogP contribution in [0.2, 0.25) is 5.28 Å². The minimum absolute atomic E-state index is 0.0794. The Morgan fingerprint density at radius 2 is 2.08 bits per heavy atom. The summed E-state index contributed by atoms with van der Waals surface area (Å²) in [6, 6.07) is 0. The van der Waals surface area contributed by atoms with Gasteiger partial charge in [-0.3, -0.25) is 4.57 Å². The van der Waals surface area contributed by atoms with Crippen LogP contribution in [0.15, 0.2) is 6.20 Å². The van der Waals surface area contributed by atoms with Crippen molar-refractivity contribution < 1.29 is 39.1 Å². The van der Waals surface area contributed by atoms with E-state index >= 15 is 0 Å². The number of H-pyrrole nitrogens is 1. The molecule has 0 saturated carbocycles. The van der Waals surface area contributed by atoms with E-state index in [9.17, 15) is 29.7 Å². The molecule has 0 unspecified atom stereocenters. The predicted molar refractivity (Wildman–Crippen MR) is 125 cm³/mol. The number of anilines is 1. The van der Waals surface area contributed by atoms with Gasteiger partial charge in [0, 0.05) is 6.54 Å². The highest BCUT2D eigenvalue weighted by Crippen LogP contribution is 2.52. The van der Waals surface area contributed by atoms with Gasteiger partial charge in [0.2, 0.25) is 5.28 Å². The third-order valence-electron chi connectivity index (χ3n) is 5.80. The maximum Gasteiger partial charge on any atom is 0.359 e. The zero-order valence-corrected chi connectivity index (χ0v) is 21.4. The first kappa shape index (κ1) is 27.7. The van der Waals surface area contributed by atoms with Crippen LogP contribution in [0, 0.1) is 5.92 Å². The van der Waals surface area contributed by atoms with E-state index in [1.165, 1.54) is 10.9 Å². The van der Waals surface area contributed by atoms with E-state index in [0.29, 0.717) is 23.7 Å². The van der Waals surface area contributed by atoms with Gasteiger partial charge in [-0.2, -0.15) is 20.3 Å². The first-order valence-electron chi connectivity index (χ1n) is 11.1. The van der Waals surface area contributed by atoms with E-state index in [2.05, 4.69) is 41.0 Å². The van der Waals surface area contributed by atoms with Crippen molar-refractivity contribution in [2.45, 2.75) is 50.2 Å². The second-order valence-corrected chi connectivity index (χ2v) is 11.2. The van der Waals surface area contributed by atoms with Crippen LogP contribution in [-0.4, -0.2) is 109 Å². The molecule has 5 atom stereocenters. The third kappa shape index (κ3) is 5.59. The Hall–Kier alpha value is -2.34. The van der Waals surface area contributed by atoms with Crippen molar-refractivity contribution in [2.75, 3.05) is 25.1 Å². The number of nitrogens with one attached hydrogen (secondary N) is 2. The van der Waals surface area contributed by atoms with E-state index in [1.54, 1.807) is 0 Å². The van der Waals surface area contributed by atoms with Crippen LogP contribution < -0.4 is 5.32 Å². The standard InChI is InChI=1S/C18H27ClN9O8P/c1-8(2)4-20-14-9-5-21-28(15(9)23-17(19)22-14)16-13(31)12(30)10(36-16)6-35-18(7-29,37(32,33)34)3-11-24-26-27-25-11/h5,8,10,12-13,16,29-31H,3-4,6-7H2,1-2H3,(H,20,22,23)(H2,32,33,34)(H,24,25,26,27)/t10-,12-,13-,16-,18+/m1/s1. The van der Waals surface area contributed by atoms with Crippen LogP contribution in [0.5, 0.6) is 0 Å². The monoisotopic (exact) mass is 563 g/mol. The SMILES string of the molecule is CC(C)CNc1nc(Cl)nc2c1cnn2[C@@H]1O[C@H](CO[C@@](CO)(Cc2nn[nH]n2)P(=O)(O)O)[C@@H](O)[C@H]1O. The molecule has 0 aliphatic carbocycles. The zero-order valence-electron chi connectivity index (χ0n) is 19.7. The summed E-state index contributed by atoms with van der Waals surface area (Å²) in [6.07, 6.45) is -4.72. The highest BCUT2D eigenvalue weighted by atomic mass is 35.5. The maximum absolute atomic E-state index is 12.2. The number of aromatic amines is 1. The largest absolute Gasteiger partial charge is 0.393 e. The fraction of sp³-hybridized carbons (Fsp3) is 0.667. The normalized spacial score (nSPS) is 24.1. The van der Waals surface area contributed by atoms with Gasteiger partial charge in [0.15, 0.2) is 23.0 Å². The summed E-state index contributed by atoms with van der Waals surface area (Å²) in [6.45, 7) is 2.91. The van der Waals surface area contributed by atoms with Crippen LogP contribution in [0.4, 0.5) is 5.82 Å². The van der Waals surface area contributed by atoms with Crippen molar-refractivity contribution in [1.82, 2.24) is 40.4 Å². The Morgan fingerprint density at radius 1 is 1.32 bits per heavy atom. The summed E-state index contributed by atoms with van der Waals surface area (Å²) >= 11 is 6.09. The summed E-state index contributed by atoms with van der Waals surface area (Å²) in [5.41, 5.74) is 0.223. The van der Waals surface area contributed by atoms with Gasteiger partial charge in [-0.25, -0.2) is 4.68 Å². The number of ether oxygens (including phenoxy) is 2. The first-order chi connectivity index (χ1) is 17.5. The molecule has 1 aliphatic heterocycles. The van der Waals surface area contributed by atoms with Crippen LogP contribution in [0.25, 0.3) is 11.0 Å². The van der Waals surface area contributed by atoms with Gasteiger partial charge in [-0.15, -0.1) is 10.2 Å². The van der Waals surface area contributed by atoms with E-state index in [4.69, 9.17) is 21.1 Å². The molecule has 3 aromatic rings. The predicted octanol–water partition coefficient (Wildman–Crippen LogP) is -1.19. The quantitative estimate of drug-likeness (QED) is 0.107. The molecular formula is C18H27ClN9O8P. The van der Waals surface area contributed by atoms with Gasteiger partial charge >= 0.3 is 7.60 Å². The zero-order chi connectivity index (χ0) is 27.0. The molecule has 17 nitrogen and oxygen atoms in total. The molecule has 0 aromatic carbocycles. The second-order valence-electron chi connectivity index (χ2n) is 8.95. The summed E-state index contributed by atoms with van der Waals surface area (Å²) in [5, 5.41) is 49.3. The first-order valence-corrected chi connectivity index (χ1v) is 13.1. The highest BCUT2D eigenvalue weighted by Gasteiger charge is 2.52. The van der Waals surface area contributed by atoms with Crippen LogP contribution in [0.1, 0.15) is 25.9 Å². The van der Waals surface area contributed by atoms with E-state index in [1.807, 2.05) is 13.8 Å². The van der Waals surface area contributed by atoms with Crippen LogP contribution in [-0.2, 0) is 20.5 Å². The minimum atomic E-state index is -5.11. The lowest BCUT2D eigenvalue weighted by Gasteiger charge is -2.32. The number of aromatic nitrogens is 8. The van der Waals surface area contributed by atoms with Crippen molar-refractivity contribution in [3.63, 3.8) is 0 Å². The average molecular weight is 564 g/mol. The number of hydrogen-bond acceptors (Lipinski definition) is 13. The topological polar surface area (TPSA) is 247 Å². The summed E-state index contributed by atoms with van der Waals surface area (Å²) in [7, 11) is -5.11. The number of aliphatic hydroxyl groups is 3. The third-order valence-corrected chi connectivity index (χ3v) is 7.46. The molecule has 19 heteroatoms. The van der Waals surface area contributed by atoms with Crippen molar-refractivity contribution in [3.8, 4) is 0 Å². The number of tetrazole rings is 1. The molecule has 204 valence electrons. The molecule has 0 radical (unpaired) electrons. The van der Waals surface area contributed by atoms with Gasteiger partial charge in [-0.05, 0) is 17.5 Å². The molecule has 0 spiro atoms. The molecule has 1 aliphatic rings. The van der Waals surface area contributed by atoms with Gasteiger partial charge < -0.3 is 39.9 Å². The van der Waals surface area contributed by atoms with Gasteiger partial charge in [0.25, 0.3) is 0 Å². The Kier molecular flexibility index (Phi) is 8.08. The van der Waals surface area contributed by atoms with Crippen molar-refractivity contribution in [3.05, 3.63) is 17.3 Å². The van der Waals surface area contributed by atoms with Crippen LogP contribution in [0.3, 0.4) is 0 Å². The number of rotatable bonds is 11. The van der Waals surface area contributed by atoms with Gasteiger partial charge in [0.1, 0.15) is 24.1 Å². The van der Waals surface area contributed by atoms with E-state index < -0.39 is 57.1 Å². The molecule has 7 N–H and O–H groups in total. The molecule has 37 heavy (non-hydrogen) atoms. The molecule has 0 bridgehead atoms. The van der Waals surface area contributed by atoms with Crippen molar-refractivity contribution >= 4 is 36.0 Å². The Balaban J connectivity index is 1.56. The fourth-order valence-electron chi connectivity index (χ4n) is 3.76. The molecule has 1 fully saturated rings. The minimum Gasteiger partial charge on any atom is -0.393 e. The lowest BCUT2D eigenvalue weighted by Crippen LogP contribution is -2.43. The number of aliphatic hydroxyl groups excluding tert-OH is 3. The van der Waals surface area contributed by atoms with Crippen molar-refractivity contribution in [2.24, 2.45) is 5.92 Å². The highest BCUT2D eigenvalue weighted by molar-refractivity contribution is 7.53. The summed E-state index contributed by atoms with van der Waals surface area (Å²) < 4.78 is 24.7. The molecule has 4 rings (SSSR count). The second kappa shape index (κ2) is 10.8. The molecular weight excluding hydrogens is 537 g/mol. The lowest BCUT2D eigenvalue weighted by molar-refractivity contribution is -0.109. The van der Waals surface area contributed by atoms with Crippen molar-refractivity contribution in [1.29, 1.82) is 0 Å². The van der Waals surface area contributed by atoms with Crippen LogP contribution >= 0.6 is 19.2 Å². The van der Waals surface area contributed by atoms with E-state index in [-0.39, 0.29) is 16.8 Å². The summed E-state index contributed by atoms with van der Waals surface area (Å²) in [5.74, 6) is 0.623. The maximum atomic E-state index is 12.2. The molecule has 3 aromatic heterocycles. The molecule has 0 amide bonds. The molecule has 1 saturated heterocycles. The average Bonchev–Trinajstić information content (AvgIpc) is 3.55.